The van der Waals surface area contributed by atoms with E-state index >= 15 is 0 Å². The molecule has 28 nitrogen and oxygen atoms in total. The smallest absolute Gasteiger partial charge is 0.296 e. The number of benzene rings is 3. The van der Waals surface area contributed by atoms with Crippen LogP contribution in [0.4, 0.5) is 34.1 Å². The summed E-state index contributed by atoms with van der Waals surface area (Å²) in [6, 6.07) is 5.99. The molecule has 34 heteroatoms. The number of carbonyl (C=O) groups is 1. The molecule has 0 saturated heterocycles. The maximum atomic E-state index is 14.1. The molecule has 0 saturated carbocycles. The predicted octanol–water partition coefficient (Wildman–Crippen LogP) is 1.15. The number of H-pyrrole nitrogens is 4. The molecule has 2 aromatic heterocycles. The Bertz CT molecular complexity index is 3620. The van der Waals surface area contributed by atoms with Crippen LogP contribution in [0.25, 0.3) is 6.08 Å². The van der Waals surface area contributed by atoms with Crippen molar-refractivity contribution in [2.75, 3.05) is 11.2 Å². The van der Waals surface area contributed by atoms with Gasteiger partial charge in [0, 0.05) is 0 Å². The first kappa shape index (κ1) is 44.9. The van der Waals surface area contributed by atoms with Gasteiger partial charge in [-0.3, -0.25) is 49.2 Å². The summed E-state index contributed by atoms with van der Waals surface area (Å²) in [4.78, 5) is 34.6. The van der Waals surface area contributed by atoms with E-state index in [1.54, 1.807) is 0 Å². The highest BCUT2D eigenvalue weighted by molar-refractivity contribution is 7.91. The van der Waals surface area contributed by atoms with Gasteiger partial charge in [0.05, 0.1) is 28.3 Å². The second-order valence-corrected chi connectivity index (χ2v) is 18.1. The van der Waals surface area contributed by atoms with E-state index in [9.17, 15) is 56.7 Å². The third-order valence-corrected chi connectivity index (χ3v) is 11.6. The summed E-state index contributed by atoms with van der Waals surface area (Å²) in [5.74, 6) is -1.52. The molecule has 3 aromatic carbocycles. The molecule has 62 heavy (non-hydrogen) atoms. The van der Waals surface area contributed by atoms with Gasteiger partial charge in [-0.15, -0.1) is 10.2 Å². The van der Waals surface area contributed by atoms with E-state index in [0.717, 1.165) is 36.4 Å². The number of anilines is 2. The molecule has 0 amide bonds. The molecule has 0 aliphatic heterocycles. The van der Waals surface area contributed by atoms with Crippen LogP contribution in [0.15, 0.2) is 87.4 Å². The number of nitrogen functional groups attached to an aromatic ring is 1. The Morgan fingerprint density at radius 3 is 1.69 bits per heavy atom. The summed E-state index contributed by atoms with van der Waals surface area (Å²) in [5, 5.41) is 25.7. The van der Waals surface area contributed by atoms with Crippen molar-refractivity contribution in [1.29, 1.82) is 10.8 Å². The molecule has 0 atom stereocenters. The first-order valence-electron chi connectivity index (χ1n) is 15.8. The number of carbonyl (C=O) groups excluding carboxylic acids is 1. The van der Waals surface area contributed by atoms with Gasteiger partial charge < -0.3 is 15.7 Å². The number of hydrazone groups is 1. The van der Waals surface area contributed by atoms with E-state index in [-0.39, 0.29) is 33.2 Å². The first-order chi connectivity index (χ1) is 28.7. The maximum absolute atomic E-state index is 14.1. The second kappa shape index (κ2) is 16.3. The third kappa shape index (κ3) is 9.94. The van der Waals surface area contributed by atoms with Gasteiger partial charge >= 0.3 is 0 Å². The van der Waals surface area contributed by atoms with Crippen molar-refractivity contribution in [1.82, 2.24) is 29.9 Å². The molecule has 0 spiro atoms. The van der Waals surface area contributed by atoms with Gasteiger partial charge in [-0.25, -0.2) is 9.98 Å². The molecule has 324 valence electrons. The standard InChI is InChI=1S/C28H21Cl2N15O13S4/c29-23-36-25(32)40-27(38-23)34-10-1-3-14(59(47,48)49)12(7-10)42-44-20-16(61(53,54)55)5-9-6-17(62(56,57)58)21(22(46)18(9)19(20)31)45-43-13-8-11(2-4-15(13)60(50,51)52)35-28-39-24(30)37-26(33)41-28/h1-8,43H,31H2,(H,47,48,49)(H,50,51,52)(H,53,54,55)(H,56,57,58)(H3,32,34,36,38,40)(H3,33,35,37,39,41)/b44-42?,45-21-. The predicted molar refractivity (Wildman–Crippen MR) is 210 cm³/mol. The Labute approximate surface area is 353 Å². The number of azo groups is 1. The highest BCUT2D eigenvalue weighted by atomic mass is 35.5. The molecule has 6 rings (SSSR count). The van der Waals surface area contributed by atoms with Crippen molar-refractivity contribution in [3.63, 3.8) is 0 Å². The van der Waals surface area contributed by atoms with Crippen LogP contribution < -0.4 is 33.6 Å². The number of hydrogen-bond donors (Lipinski definition) is 12. The highest BCUT2D eigenvalue weighted by Crippen LogP contribution is 2.41. The minimum absolute atomic E-state index is 0.145. The van der Waals surface area contributed by atoms with Crippen LogP contribution in [0.3, 0.4) is 0 Å². The monoisotopic (exact) mass is 973 g/mol. The zero-order chi connectivity index (χ0) is 45.7. The number of nitrogens with one attached hydrogen (secondary N) is 7. The fraction of sp³-hybridized carbons (Fsp3) is 0. The van der Waals surface area contributed by atoms with E-state index in [1.165, 1.54) is 0 Å². The zero-order valence-corrected chi connectivity index (χ0v) is 34.5. The van der Waals surface area contributed by atoms with Crippen LogP contribution in [0, 0.1) is 10.8 Å². The lowest BCUT2D eigenvalue weighted by Gasteiger charge is -2.20. The number of nitrogens with two attached hydrogens (primary N) is 1. The van der Waals surface area contributed by atoms with Crippen molar-refractivity contribution in [2.45, 2.75) is 14.7 Å². The third-order valence-electron chi connectivity index (χ3n) is 7.68. The summed E-state index contributed by atoms with van der Waals surface area (Å²) in [5.41, 5.74) is 0.523. The van der Waals surface area contributed by atoms with Gasteiger partial charge in [0.2, 0.25) is 38.8 Å². The summed E-state index contributed by atoms with van der Waals surface area (Å²) >= 11 is 11.6. The van der Waals surface area contributed by atoms with E-state index in [1.807, 2.05) is 0 Å². The fourth-order valence-corrected chi connectivity index (χ4v) is 8.15. The number of halogens is 2. The lowest BCUT2D eigenvalue weighted by molar-refractivity contribution is 0.106. The van der Waals surface area contributed by atoms with Crippen LogP contribution in [0.2, 0.25) is 10.6 Å². The second-order valence-electron chi connectivity index (χ2n) is 11.9. The van der Waals surface area contributed by atoms with Gasteiger partial charge in [0.25, 0.3) is 40.5 Å². The quantitative estimate of drug-likeness (QED) is 0.0404. The number of hydrogen-bond acceptors (Lipinski definition) is 20. The highest BCUT2D eigenvalue weighted by Gasteiger charge is 2.37. The minimum atomic E-state index is -5.49. The van der Waals surface area contributed by atoms with Crippen LogP contribution in [0.5, 0.6) is 0 Å². The van der Waals surface area contributed by atoms with Crippen LogP contribution in [-0.2, 0) is 40.5 Å². The number of ketones is 1. The number of allylic oxidation sites excluding steroid dienone is 1. The van der Waals surface area contributed by atoms with E-state index < -0.39 is 117 Å². The van der Waals surface area contributed by atoms with Crippen molar-refractivity contribution < 1.29 is 56.7 Å². The lowest BCUT2D eigenvalue weighted by Crippen LogP contribution is -2.28. The van der Waals surface area contributed by atoms with Gasteiger partial charge in [0.15, 0.2) is 5.71 Å². The number of Topliss-reactive ketones (excluding diaryl/α,β-unsaturated/α-hetero) is 1. The largest absolute Gasteiger partial charge is 0.396 e. The number of fused-ring (bicyclic) bond motifs is 1. The Kier molecular flexibility index (Phi) is 11.8. The topological polar surface area (TPSA) is 471 Å². The molecule has 5 aromatic rings. The average molecular weight is 975 g/mol. The van der Waals surface area contributed by atoms with Gasteiger partial charge in [-0.2, -0.15) is 48.7 Å². The molecule has 1 aliphatic carbocycles. The van der Waals surface area contributed by atoms with Gasteiger partial charge in [-0.1, -0.05) is 0 Å². The zero-order valence-electron chi connectivity index (χ0n) is 29.7. The molecular weight excluding hydrogens is 954 g/mol. The first-order valence-corrected chi connectivity index (χ1v) is 22.3. The Balaban J connectivity index is 1.53. The van der Waals surface area contributed by atoms with Crippen LogP contribution >= 0.6 is 23.2 Å². The number of rotatable bonds is 10. The van der Waals surface area contributed by atoms with Gasteiger partial charge in [0.1, 0.15) is 31.0 Å². The number of aromatic nitrogens is 6. The molecule has 0 fully saturated rings. The Morgan fingerprint density at radius 2 is 1.19 bits per heavy atom. The lowest BCUT2D eigenvalue weighted by atomic mass is 9.92. The van der Waals surface area contributed by atoms with Crippen molar-refractivity contribution in [2.24, 2.45) is 25.3 Å². The van der Waals surface area contributed by atoms with Crippen molar-refractivity contribution in [3.05, 3.63) is 91.5 Å². The number of aromatic amines is 4. The summed E-state index contributed by atoms with van der Waals surface area (Å²) in [6.07, 6.45) is 0.494. The molecule has 0 bridgehead atoms. The summed E-state index contributed by atoms with van der Waals surface area (Å²) < 4.78 is 139. The Morgan fingerprint density at radius 1 is 0.677 bits per heavy atom. The maximum Gasteiger partial charge on any atom is 0.296 e. The van der Waals surface area contributed by atoms with E-state index in [4.69, 9.17) is 39.8 Å². The normalized spacial score (nSPS) is 15.0. The molecule has 0 radical (unpaired) electrons. The van der Waals surface area contributed by atoms with Gasteiger partial charge in [-0.05, 0) is 77.3 Å². The average Bonchev–Trinajstić information content (AvgIpc) is 3.11. The van der Waals surface area contributed by atoms with E-state index in [0.29, 0.717) is 12.1 Å². The van der Waals surface area contributed by atoms with Crippen LogP contribution in [-0.4, -0.2) is 93.3 Å². The van der Waals surface area contributed by atoms with Crippen molar-refractivity contribution >= 4 is 115 Å². The molecule has 0 unspecified atom stereocenters. The molecule has 13 N–H and O–H groups in total. The van der Waals surface area contributed by atoms with Crippen LogP contribution in [0.1, 0.15) is 15.9 Å². The summed E-state index contributed by atoms with van der Waals surface area (Å²) in [6.45, 7) is 0. The minimum Gasteiger partial charge on any atom is -0.396 e. The molecular formula is C28H21Cl2N15O13S4. The van der Waals surface area contributed by atoms with Crippen molar-refractivity contribution in [3.8, 4) is 0 Å². The molecule has 2 heterocycles. The SMILES string of the molecule is N=c1nc(Cl)[nH]c(=Nc2ccc(S(=O)(=O)O)c(N=Nc3c(S(=O)(=O)O)cc4c(c3N)C(=O)/C(=N\Nc3cc(N=c5[nH]c(Cl)nc(=N)[nH]5)ccc3S(=O)(=O)O)C(S(=O)(=O)O)=C4)c2)[nH]1. The number of nitrogens with zero attached hydrogens (tertiary/aromatic N) is 7. The molecule has 1 aliphatic rings. The van der Waals surface area contributed by atoms with E-state index in [2.05, 4.69) is 60.6 Å². The fourth-order valence-electron chi connectivity index (χ4n) is 5.25. The summed E-state index contributed by atoms with van der Waals surface area (Å²) in [7, 11) is -21.2. The Hall–Kier alpha value is -6.62.